The van der Waals surface area contributed by atoms with Crippen molar-refractivity contribution in [2.75, 3.05) is 18.1 Å². The van der Waals surface area contributed by atoms with Crippen LogP contribution in [0.1, 0.15) is 17.0 Å². The molecule has 3 rings (SSSR count). The van der Waals surface area contributed by atoms with Gasteiger partial charge < -0.3 is 5.32 Å². The van der Waals surface area contributed by atoms with E-state index < -0.39 is 0 Å². The van der Waals surface area contributed by atoms with E-state index in [9.17, 15) is 0 Å². The third-order valence-electron chi connectivity index (χ3n) is 3.48. The summed E-state index contributed by atoms with van der Waals surface area (Å²) < 4.78 is 0. The molecule has 0 amide bonds. The van der Waals surface area contributed by atoms with Crippen molar-refractivity contribution >= 4 is 17.6 Å². The van der Waals surface area contributed by atoms with Gasteiger partial charge in [-0.15, -0.1) is 0 Å². The van der Waals surface area contributed by atoms with Gasteiger partial charge in [0.1, 0.15) is 5.82 Å². The van der Waals surface area contributed by atoms with Crippen molar-refractivity contribution in [3.8, 4) is 0 Å². The molecule has 0 saturated carbocycles. The van der Waals surface area contributed by atoms with Crippen molar-refractivity contribution in [2.45, 2.75) is 17.6 Å². The van der Waals surface area contributed by atoms with Gasteiger partial charge >= 0.3 is 0 Å². The third kappa shape index (κ3) is 1.89. The zero-order chi connectivity index (χ0) is 11.7. The van der Waals surface area contributed by atoms with Crippen LogP contribution in [0.4, 0.5) is 5.82 Å². The van der Waals surface area contributed by atoms with Gasteiger partial charge in [-0.1, -0.05) is 24.3 Å². The maximum absolute atomic E-state index is 4.41. The highest BCUT2D eigenvalue weighted by Crippen LogP contribution is 2.36. The SMILES string of the molecule is CSC1C=CC=CC1c1ccnc2c1CCN2. The second kappa shape index (κ2) is 4.57. The van der Waals surface area contributed by atoms with E-state index in [2.05, 4.69) is 46.9 Å². The van der Waals surface area contributed by atoms with E-state index in [1.54, 1.807) is 0 Å². The first-order valence-corrected chi connectivity index (χ1v) is 7.28. The molecule has 3 heteroatoms. The monoisotopic (exact) mass is 244 g/mol. The van der Waals surface area contributed by atoms with Gasteiger partial charge in [-0.25, -0.2) is 4.98 Å². The number of nitrogens with zero attached hydrogens (tertiary/aromatic N) is 1. The van der Waals surface area contributed by atoms with Gasteiger partial charge in [-0.3, -0.25) is 0 Å². The normalized spacial score (nSPS) is 25.7. The molecule has 0 radical (unpaired) electrons. The summed E-state index contributed by atoms with van der Waals surface area (Å²) in [5.74, 6) is 1.58. The van der Waals surface area contributed by atoms with Crippen LogP contribution in [-0.2, 0) is 6.42 Å². The van der Waals surface area contributed by atoms with Crippen molar-refractivity contribution in [3.05, 3.63) is 47.7 Å². The number of nitrogens with one attached hydrogen (secondary N) is 1. The highest BCUT2D eigenvalue weighted by molar-refractivity contribution is 7.99. The van der Waals surface area contributed by atoms with Gasteiger partial charge in [0.15, 0.2) is 0 Å². The quantitative estimate of drug-likeness (QED) is 0.865. The Morgan fingerprint density at radius 1 is 1.35 bits per heavy atom. The minimum atomic E-state index is 0.492. The molecule has 17 heavy (non-hydrogen) atoms. The molecule has 1 aromatic heterocycles. The van der Waals surface area contributed by atoms with Crippen molar-refractivity contribution in [1.82, 2.24) is 4.98 Å². The number of allylic oxidation sites excluding steroid dienone is 3. The van der Waals surface area contributed by atoms with E-state index in [1.807, 2.05) is 18.0 Å². The number of aromatic nitrogens is 1. The van der Waals surface area contributed by atoms with Crippen molar-refractivity contribution in [3.63, 3.8) is 0 Å². The highest BCUT2D eigenvalue weighted by Gasteiger charge is 2.25. The molecular weight excluding hydrogens is 228 g/mol. The van der Waals surface area contributed by atoms with Gasteiger partial charge in [0.2, 0.25) is 0 Å². The molecule has 0 bridgehead atoms. The summed E-state index contributed by atoms with van der Waals surface area (Å²) in [6.07, 6.45) is 14.1. The average Bonchev–Trinajstić information content (AvgIpc) is 2.86. The van der Waals surface area contributed by atoms with Gasteiger partial charge in [-0.2, -0.15) is 11.8 Å². The van der Waals surface area contributed by atoms with Crippen molar-refractivity contribution in [2.24, 2.45) is 0 Å². The summed E-state index contributed by atoms with van der Waals surface area (Å²) in [7, 11) is 0. The standard InChI is InChI=1S/C14H16N2S/c1-17-13-5-3-2-4-11(13)10-6-8-15-14-12(10)7-9-16-14/h2-6,8,11,13H,7,9H2,1H3,(H,15,16). The van der Waals surface area contributed by atoms with Crippen molar-refractivity contribution in [1.29, 1.82) is 0 Å². The Balaban J connectivity index is 2.01. The Hall–Kier alpha value is -1.22. The predicted octanol–water partition coefficient (Wildman–Crippen LogP) is 2.99. The summed E-state index contributed by atoms with van der Waals surface area (Å²) >= 11 is 1.92. The van der Waals surface area contributed by atoms with Crippen LogP contribution in [0, 0.1) is 0 Å². The fourth-order valence-electron chi connectivity index (χ4n) is 2.63. The molecule has 88 valence electrons. The average molecular weight is 244 g/mol. The van der Waals surface area contributed by atoms with Gasteiger partial charge in [-0.05, 0) is 24.3 Å². The van der Waals surface area contributed by atoms with E-state index in [-0.39, 0.29) is 0 Å². The first-order chi connectivity index (χ1) is 8.40. The predicted molar refractivity (Wildman–Crippen MR) is 74.8 cm³/mol. The largest absolute Gasteiger partial charge is 0.370 e. The smallest absolute Gasteiger partial charge is 0.129 e. The molecule has 1 aromatic rings. The minimum Gasteiger partial charge on any atom is -0.370 e. The molecule has 1 N–H and O–H groups in total. The fourth-order valence-corrected chi connectivity index (χ4v) is 3.41. The Labute approximate surface area is 106 Å². The Kier molecular flexibility index (Phi) is 2.93. The van der Waals surface area contributed by atoms with Crippen LogP contribution >= 0.6 is 11.8 Å². The number of fused-ring (bicyclic) bond motifs is 1. The Morgan fingerprint density at radius 3 is 3.12 bits per heavy atom. The lowest BCUT2D eigenvalue weighted by Crippen LogP contribution is -2.14. The Morgan fingerprint density at radius 2 is 2.24 bits per heavy atom. The summed E-state index contributed by atoms with van der Waals surface area (Å²) in [6.45, 7) is 1.02. The first kappa shape index (κ1) is 10.9. The van der Waals surface area contributed by atoms with E-state index in [1.165, 1.54) is 11.1 Å². The van der Waals surface area contributed by atoms with Gasteiger partial charge in [0, 0.05) is 29.5 Å². The van der Waals surface area contributed by atoms with Gasteiger partial charge in [0.25, 0.3) is 0 Å². The topological polar surface area (TPSA) is 24.9 Å². The Bertz CT molecular complexity index is 479. The van der Waals surface area contributed by atoms with Gasteiger partial charge in [0.05, 0.1) is 0 Å². The summed E-state index contributed by atoms with van der Waals surface area (Å²) in [6, 6.07) is 2.18. The van der Waals surface area contributed by atoms with Crippen LogP contribution in [0.2, 0.25) is 0 Å². The van der Waals surface area contributed by atoms with Crippen LogP contribution in [-0.4, -0.2) is 23.0 Å². The van der Waals surface area contributed by atoms with Crippen LogP contribution in [0.25, 0.3) is 0 Å². The number of thioether (sulfide) groups is 1. The van der Waals surface area contributed by atoms with Crippen LogP contribution in [0.5, 0.6) is 0 Å². The molecule has 0 saturated heterocycles. The van der Waals surface area contributed by atoms with Crippen LogP contribution in [0.15, 0.2) is 36.6 Å². The zero-order valence-electron chi connectivity index (χ0n) is 9.89. The number of hydrogen-bond acceptors (Lipinski definition) is 3. The number of rotatable bonds is 2. The second-order valence-electron chi connectivity index (χ2n) is 4.40. The van der Waals surface area contributed by atoms with Crippen LogP contribution < -0.4 is 5.32 Å². The van der Waals surface area contributed by atoms with E-state index >= 15 is 0 Å². The zero-order valence-corrected chi connectivity index (χ0v) is 10.7. The molecule has 2 nitrogen and oxygen atoms in total. The third-order valence-corrected chi connectivity index (χ3v) is 4.47. The molecule has 0 spiro atoms. The summed E-state index contributed by atoms with van der Waals surface area (Å²) in [4.78, 5) is 4.41. The highest BCUT2D eigenvalue weighted by atomic mass is 32.2. The lowest BCUT2D eigenvalue weighted by atomic mass is 9.89. The summed E-state index contributed by atoms with van der Waals surface area (Å²) in [5.41, 5.74) is 2.86. The van der Waals surface area contributed by atoms with Crippen molar-refractivity contribution < 1.29 is 0 Å². The molecule has 0 aromatic carbocycles. The maximum atomic E-state index is 4.41. The minimum absolute atomic E-state index is 0.492. The molecule has 2 unspecified atom stereocenters. The first-order valence-electron chi connectivity index (χ1n) is 5.99. The lowest BCUT2D eigenvalue weighted by molar-refractivity contribution is 0.853. The second-order valence-corrected chi connectivity index (χ2v) is 5.42. The summed E-state index contributed by atoms with van der Waals surface area (Å²) in [5, 5.41) is 3.90. The molecule has 2 aliphatic rings. The number of hydrogen-bond donors (Lipinski definition) is 1. The molecule has 0 fully saturated rings. The number of pyridine rings is 1. The van der Waals surface area contributed by atoms with Crippen LogP contribution in [0.3, 0.4) is 0 Å². The molecule has 2 heterocycles. The fraction of sp³-hybridized carbons (Fsp3) is 0.357. The molecular formula is C14H16N2S. The maximum Gasteiger partial charge on any atom is 0.129 e. The number of anilines is 1. The lowest BCUT2D eigenvalue weighted by Gasteiger charge is -2.24. The van der Waals surface area contributed by atoms with E-state index in [0.29, 0.717) is 11.2 Å². The molecule has 1 aliphatic carbocycles. The molecule has 2 atom stereocenters. The molecule has 1 aliphatic heterocycles. The van der Waals surface area contributed by atoms with E-state index in [0.717, 1.165) is 18.8 Å². The van der Waals surface area contributed by atoms with E-state index in [4.69, 9.17) is 0 Å².